The van der Waals surface area contributed by atoms with E-state index in [0.717, 1.165) is 35.4 Å². The van der Waals surface area contributed by atoms with E-state index in [4.69, 9.17) is 0 Å². The van der Waals surface area contributed by atoms with Crippen LogP contribution in [0.25, 0.3) is 5.69 Å². The molecular formula is C26H27F3N6O2S2. The number of alkyl halides is 3. The number of carboxylic acid groups (broad SMARTS) is 1. The molecule has 0 amide bonds. The molecule has 0 fully saturated rings. The minimum absolute atomic E-state index is 0.421. The summed E-state index contributed by atoms with van der Waals surface area (Å²) in [5.74, 6) is -0.369. The zero-order chi connectivity index (χ0) is 28.2. The smallest absolute Gasteiger partial charge is 0.416 e. The number of rotatable bonds is 11. The molecule has 3 heterocycles. The van der Waals surface area contributed by atoms with Gasteiger partial charge in [-0.15, -0.1) is 11.3 Å². The summed E-state index contributed by atoms with van der Waals surface area (Å²) in [5, 5.41) is 15.6. The van der Waals surface area contributed by atoms with E-state index in [1.807, 2.05) is 17.2 Å². The van der Waals surface area contributed by atoms with Crippen molar-refractivity contribution < 1.29 is 23.1 Å². The number of thioether (sulfide) groups is 1. The van der Waals surface area contributed by atoms with E-state index in [0.29, 0.717) is 35.5 Å². The van der Waals surface area contributed by atoms with E-state index in [9.17, 15) is 23.1 Å². The maximum absolute atomic E-state index is 12.9. The molecule has 0 aliphatic heterocycles. The van der Waals surface area contributed by atoms with Gasteiger partial charge in [-0.2, -0.15) is 18.3 Å². The number of benzene rings is 1. The van der Waals surface area contributed by atoms with Crippen molar-refractivity contribution in [2.24, 2.45) is 0 Å². The summed E-state index contributed by atoms with van der Waals surface area (Å²) in [7, 11) is 0. The molecule has 0 spiro atoms. The van der Waals surface area contributed by atoms with E-state index < -0.39 is 22.5 Å². The number of hydrogen-bond acceptors (Lipinski definition) is 8. The highest BCUT2D eigenvalue weighted by atomic mass is 32.2. The Kier molecular flexibility index (Phi) is 8.60. The van der Waals surface area contributed by atoms with Gasteiger partial charge < -0.3 is 10.0 Å². The zero-order valence-electron chi connectivity index (χ0n) is 21.5. The van der Waals surface area contributed by atoms with Crippen LogP contribution in [0.2, 0.25) is 0 Å². The lowest BCUT2D eigenvalue weighted by atomic mass is 10.2. The quantitative estimate of drug-likeness (QED) is 0.220. The Hall–Kier alpha value is -3.45. The number of anilines is 1. The second kappa shape index (κ2) is 11.7. The van der Waals surface area contributed by atoms with Crippen LogP contribution in [0.3, 0.4) is 0 Å². The van der Waals surface area contributed by atoms with Gasteiger partial charge in [-0.3, -0.25) is 4.79 Å². The molecule has 13 heteroatoms. The molecular weight excluding hydrogens is 549 g/mol. The van der Waals surface area contributed by atoms with Gasteiger partial charge in [0.1, 0.15) is 4.75 Å². The lowest BCUT2D eigenvalue weighted by Gasteiger charge is -2.21. The summed E-state index contributed by atoms with van der Waals surface area (Å²) in [5.41, 5.74) is 2.47. The van der Waals surface area contributed by atoms with Crippen LogP contribution in [0.5, 0.6) is 0 Å². The monoisotopic (exact) mass is 576 g/mol. The average molecular weight is 577 g/mol. The first kappa shape index (κ1) is 28.6. The third-order valence-corrected chi connectivity index (χ3v) is 8.05. The Morgan fingerprint density at radius 2 is 1.79 bits per heavy atom. The summed E-state index contributed by atoms with van der Waals surface area (Å²) in [6, 6.07) is 4.83. The van der Waals surface area contributed by atoms with E-state index in [1.54, 1.807) is 38.6 Å². The van der Waals surface area contributed by atoms with Gasteiger partial charge in [0.25, 0.3) is 0 Å². The largest absolute Gasteiger partial charge is 0.480 e. The third-order valence-electron chi connectivity index (χ3n) is 5.88. The molecule has 0 radical (unpaired) electrons. The number of hydrogen-bond donors (Lipinski definition) is 1. The van der Waals surface area contributed by atoms with Crippen LogP contribution in [0, 0.1) is 0 Å². The summed E-state index contributed by atoms with van der Waals surface area (Å²) in [4.78, 5) is 27.1. The fourth-order valence-electron chi connectivity index (χ4n) is 3.51. The Morgan fingerprint density at radius 1 is 1.10 bits per heavy atom. The average Bonchev–Trinajstić information content (AvgIpc) is 3.55. The summed E-state index contributed by atoms with van der Waals surface area (Å²) >= 11 is 2.62. The molecule has 0 aliphatic rings. The molecule has 0 saturated heterocycles. The van der Waals surface area contributed by atoms with E-state index in [1.165, 1.54) is 39.9 Å². The van der Waals surface area contributed by atoms with Crippen LogP contribution >= 0.6 is 23.1 Å². The molecule has 0 unspecified atom stereocenters. The van der Waals surface area contributed by atoms with Gasteiger partial charge in [0.05, 0.1) is 23.1 Å². The van der Waals surface area contributed by atoms with Crippen LogP contribution in [0.1, 0.15) is 43.2 Å². The maximum atomic E-state index is 12.9. The Labute approximate surface area is 231 Å². The number of nitrogens with zero attached hydrogens (tertiary/aromatic N) is 6. The first-order chi connectivity index (χ1) is 18.4. The minimum atomic E-state index is -4.40. The molecule has 0 bridgehead atoms. The van der Waals surface area contributed by atoms with Crippen molar-refractivity contribution in [3.63, 3.8) is 0 Å². The normalized spacial score (nSPS) is 12.1. The van der Waals surface area contributed by atoms with Crippen LogP contribution in [-0.4, -0.2) is 47.1 Å². The molecule has 0 saturated carbocycles. The van der Waals surface area contributed by atoms with Gasteiger partial charge in [0.15, 0.2) is 4.34 Å². The number of aryl methyl sites for hydroxylation is 1. The number of carboxylic acids is 1. The third kappa shape index (κ3) is 7.35. The number of carbonyl (C=O) groups is 1. The van der Waals surface area contributed by atoms with E-state index >= 15 is 0 Å². The maximum Gasteiger partial charge on any atom is 0.416 e. The first-order valence-corrected chi connectivity index (χ1v) is 13.8. The lowest BCUT2D eigenvalue weighted by Crippen LogP contribution is -2.27. The molecule has 1 N–H and O–H groups in total. The topological polar surface area (TPSA) is 97.0 Å². The van der Waals surface area contributed by atoms with Gasteiger partial charge >= 0.3 is 12.1 Å². The number of thiazole rings is 1. The van der Waals surface area contributed by atoms with Gasteiger partial charge in [-0.25, -0.2) is 19.6 Å². The highest BCUT2D eigenvalue weighted by molar-refractivity contribution is 8.03. The van der Waals surface area contributed by atoms with Crippen molar-refractivity contribution in [3.8, 4) is 5.69 Å². The molecule has 0 atom stereocenters. The van der Waals surface area contributed by atoms with Crippen LogP contribution < -0.4 is 4.90 Å². The predicted molar refractivity (Wildman–Crippen MR) is 144 cm³/mol. The SMILES string of the molecule is CCc1cnc(N(CCc2csc(SC(C)(C)C(=O)O)n2)Cc2cnn(-c3ccc(C(F)(F)F)cc3)c2)nc1. The van der Waals surface area contributed by atoms with E-state index in [-0.39, 0.29) is 0 Å². The number of aliphatic carboxylic acids is 1. The lowest BCUT2D eigenvalue weighted by molar-refractivity contribution is -0.139. The van der Waals surface area contributed by atoms with Crippen LogP contribution in [0.4, 0.5) is 19.1 Å². The molecule has 4 aromatic rings. The second-order valence-electron chi connectivity index (χ2n) is 9.28. The Morgan fingerprint density at radius 3 is 2.41 bits per heavy atom. The van der Waals surface area contributed by atoms with Gasteiger partial charge in [-0.1, -0.05) is 18.7 Å². The highest BCUT2D eigenvalue weighted by Crippen LogP contribution is 2.35. The zero-order valence-corrected chi connectivity index (χ0v) is 23.1. The molecule has 8 nitrogen and oxygen atoms in total. The van der Waals surface area contributed by atoms with Crippen molar-refractivity contribution in [2.75, 3.05) is 11.4 Å². The van der Waals surface area contributed by atoms with Crippen molar-refractivity contribution in [1.82, 2.24) is 24.7 Å². The van der Waals surface area contributed by atoms with Gasteiger partial charge in [0, 0.05) is 49.0 Å². The van der Waals surface area contributed by atoms with Crippen molar-refractivity contribution in [2.45, 2.75) is 55.4 Å². The molecule has 1 aromatic carbocycles. The van der Waals surface area contributed by atoms with Crippen molar-refractivity contribution >= 4 is 35.0 Å². The molecule has 206 valence electrons. The fraction of sp³-hybridized carbons (Fsp3) is 0.346. The van der Waals surface area contributed by atoms with Crippen LogP contribution in [-0.2, 0) is 30.4 Å². The molecule has 39 heavy (non-hydrogen) atoms. The highest BCUT2D eigenvalue weighted by Gasteiger charge is 2.30. The molecule has 0 aliphatic carbocycles. The summed E-state index contributed by atoms with van der Waals surface area (Å²) in [6.07, 6.45) is 3.99. The number of halogens is 3. The fourth-order valence-corrected chi connectivity index (χ4v) is 5.74. The Balaban J connectivity index is 1.49. The first-order valence-electron chi connectivity index (χ1n) is 12.1. The second-order valence-corrected chi connectivity index (χ2v) is 12.0. The standard InChI is InChI=1S/C26H27F3N6O2S2/c1-4-17-11-30-23(31-12-17)34(10-9-20-16-38-24(33-20)39-25(2,3)22(36)37)14-18-13-32-35(15-18)21-7-5-19(6-8-21)26(27,28)29/h5-8,11-13,15-16H,4,9-10,14H2,1-3H3,(H,36,37). The predicted octanol–water partition coefficient (Wildman–Crippen LogP) is 5.90. The molecule has 4 rings (SSSR count). The van der Waals surface area contributed by atoms with Crippen LogP contribution in [0.15, 0.2) is 58.8 Å². The Bertz CT molecular complexity index is 1400. The van der Waals surface area contributed by atoms with E-state index in [2.05, 4.69) is 20.1 Å². The number of aromatic nitrogens is 5. The summed E-state index contributed by atoms with van der Waals surface area (Å²) < 4.78 is 40.0. The summed E-state index contributed by atoms with van der Waals surface area (Å²) in [6.45, 7) is 6.27. The minimum Gasteiger partial charge on any atom is -0.480 e. The van der Waals surface area contributed by atoms with Gasteiger partial charge in [-0.05, 0) is 50.1 Å². The molecule has 3 aromatic heterocycles. The van der Waals surface area contributed by atoms with Crippen molar-refractivity contribution in [3.05, 3.63) is 76.8 Å². The van der Waals surface area contributed by atoms with Crippen molar-refractivity contribution in [1.29, 1.82) is 0 Å². The van der Waals surface area contributed by atoms with Gasteiger partial charge in [0.2, 0.25) is 5.95 Å².